The summed E-state index contributed by atoms with van der Waals surface area (Å²) in [7, 11) is 0. The molecular formula is C6H4S4. The van der Waals surface area contributed by atoms with Crippen LogP contribution in [0.5, 0.6) is 0 Å². The molecule has 2 heterocycles. The van der Waals surface area contributed by atoms with Crippen molar-refractivity contribution in [1.29, 1.82) is 0 Å². The highest BCUT2D eigenvalue weighted by molar-refractivity contribution is 8.33. The lowest BCUT2D eigenvalue weighted by Crippen LogP contribution is -1.62. The predicted octanol–water partition coefficient (Wildman–Crippen LogP) is 4.02. The smallest absolute Gasteiger partial charge is 0.0694 e. The van der Waals surface area contributed by atoms with Crippen LogP contribution in [0.15, 0.2) is 30.1 Å². The lowest BCUT2D eigenvalue weighted by Gasteiger charge is -1.97. The van der Waals surface area contributed by atoms with Crippen molar-refractivity contribution in [2.24, 2.45) is 0 Å². The first kappa shape index (κ1) is 7.28. The van der Waals surface area contributed by atoms with Crippen LogP contribution in [0.1, 0.15) is 0 Å². The Morgan fingerprint density at radius 3 is 1.20 bits per heavy atom. The van der Waals surface area contributed by atoms with Gasteiger partial charge in [0.2, 0.25) is 0 Å². The molecule has 52 valence electrons. The van der Waals surface area contributed by atoms with Crippen molar-refractivity contribution < 1.29 is 0 Å². The van der Waals surface area contributed by atoms with Gasteiger partial charge in [0.1, 0.15) is 0 Å². The Hall–Kier alpha value is 0.620. The second kappa shape index (κ2) is 3.34. The molecular weight excluding hydrogens is 200 g/mol. The Morgan fingerprint density at radius 1 is 0.600 bits per heavy atom. The van der Waals surface area contributed by atoms with E-state index in [1.807, 2.05) is 47.0 Å². The quantitative estimate of drug-likeness (QED) is 0.584. The molecule has 0 unspecified atom stereocenters. The van der Waals surface area contributed by atoms with E-state index in [1.165, 1.54) is 8.47 Å². The van der Waals surface area contributed by atoms with Crippen molar-refractivity contribution in [3.05, 3.63) is 30.1 Å². The molecule has 0 radical (unpaired) electrons. The van der Waals surface area contributed by atoms with Gasteiger partial charge in [-0.15, -0.1) is 0 Å². The van der Waals surface area contributed by atoms with Crippen molar-refractivity contribution in [3.63, 3.8) is 0 Å². The van der Waals surface area contributed by atoms with E-state index in [2.05, 4.69) is 21.6 Å². The Balaban J connectivity index is 2.14. The normalized spacial score (nSPS) is 23.2. The number of hydrogen-bond donors (Lipinski definition) is 0. The molecule has 0 N–H and O–H groups in total. The van der Waals surface area contributed by atoms with Crippen LogP contribution in [0.3, 0.4) is 0 Å². The fourth-order valence-corrected chi connectivity index (χ4v) is 4.64. The first-order valence-corrected chi connectivity index (χ1v) is 6.19. The fraction of sp³-hybridized carbons (Fsp3) is 0. The molecule has 0 aromatic rings. The minimum absolute atomic E-state index is 1.43. The number of rotatable bonds is 0. The highest BCUT2D eigenvalue weighted by Gasteiger charge is 2.12. The Kier molecular flexibility index (Phi) is 2.43. The lowest BCUT2D eigenvalue weighted by molar-refractivity contribution is 2.38. The fourth-order valence-electron chi connectivity index (χ4n) is 0.606. The molecule has 4 heteroatoms. The summed E-state index contributed by atoms with van der Waals surface area (Å²) in [6.07, 6.45) is 0. The van der Waals surface area contributed by atoms with E-state index in [-0.39, 0.29) is 0 Å². The van der Waals surface area contributed by atoms with E-state index in [1.54, 1.807) is 0 Å². The zero-order valence-corrected chi connectivity index (χ0v) is 8.21. The summed E-state index contributed by atoms with van der Waals surface area (Å²) >= 11 is 7.28. The maximum Gasteiger partial charge on any atom is 0.0694 e. The van der Waals surface area contributed by atoms with Crippen LogP contribution >= 0.6 is 47.0 Å². The van der Waals surface area contributed by atoms with Crippen LogP contribution in [-0.4, -0.2) is 0 Å². The predicted molar refractivity (Wildman–Crippen MR) is 55.7 cm³/mol. The summed E-state index contributed by atoms with van der Waals surface area (Å²) in [5.74, 6) is 0. The molecule has 0 amide bonds. The van der Waals surface area contributed by atoms with Crippen LogP contribution in [-0.2, 0) is 0 Å². The van der Waals surface area contributed by atoms with Crippen molar-refractivity contribution in [3.8, 4) is 0 Å². The second-order valence-electron chi connectivity index (χ2n) is 1.59. The van der Waals surface area contributed by atoms with E-state index in [9.17, 15) is 0 Å². The third-order valence-electron chi connectivity index (χ3n) is 0.978. The molecule has 0 fully saturated rings. The minimum Gasteiger partial charge on any atom is -0.0884 e. The zero-order valence-electron chi connectivity index (χ0n) is 4.94. The van der Waals surface area contributed by atoms with Gasteiger partial charge in [0.15, 0.2) is 0 Å². The zero-order chi connectivity index (χ0) is 6.81. The van der Waals surface area contributed by atoms with Gasteiger partial charge in [-0.2, -0.15) is 0 Å². The maximum absolute atomic E-state index is 2.13. The molecule has 2 aliphatic rings. The molecule has 0 saturated heterocycles. The Bertz CT molecular complexity index is 182. The van der Waals surface area contributed by atoms with Crippen molar-refractivity contribution in [1.82, 2.24) is 0 Å². The topological polar surface area (TPSA) is 0 Å². The first-order chi connectivity index (χ1) is 4.97. The highest BCUT2D eigenvalue weighted by Crippen LogP contribution is 2.50. The van der Waals surface area contributed by atoms with Gasteiger partial charge in [-0.25, -0.2) is 0 Å². The lowest BCUT2D eigenvalue weighted by atomic mass is 11.2. The van der Waals surface area contributed by atoms with E-state index < -0.39 is 0 Å². The summed E-state index contributed by atoms with van der Waals surface area (Å²) < 4.78 is 2.86. The Morgan fingerprint density at radius 2 is 0.900 bits per heavy atom. The van der Waals surface area contributed by atoms with E-state index in [0.29, 0.717) is 0 Å². The van der Waals surface area contributed by atoms with Gasteiger partial charge < -0.3 is 0 Å². The summed E-state index contributed by atoms with van der Waals surface area (Å²) in [4.78, 5) is 0. The average molecular weight is 204 g/mol. The Labute approximate surface area is 77.0 Å². The number of hydrogen-bond acceptors (Lipinski definition) is 4. The van der Waals surface area contributed by atoms with Crippen molar-refractivity contribution in [2.45, 2.75) is 0 Å². The summed E-state index contributed by atoms with van der Waals surface area (Å²) in [6.45, 7) is 0. The molecule has 0 aliphatic carbocycles. The molecule has 10 heavy (non-hydrogen) atoms. The van der Waals surface area contributed by atoms with Crippen LogP contribution < -0.4 is 0 Å². The molecule has 0 aromatic heterocycles. The van der Waals surface area contributed by atoms with E-state index in [4.69, 9.17) is 0 Å². The summed E-state index contributed by atoms with van der Waals surface area (Å²) in [5.41, 5.74) is 0. The van der Waals surface area contributed by atoms with E-state index in [0.717, 1.165) is 0 Å². The van der Waals surface area contributed by atoms with Gasteiger partial charge in [-0.1, -0.05) is 47.0 Å². The van der Waals surface area contributed by atoms with E-state index >= 15 is 0 Å². The van der Waals surface area contributed by atoms with Gasteiger partial charge in [-0.05, 0) is 21.6 Å². The molecule has 0 bridgehead atoms. The molecule has 2 aliphatic heterocycles. The van der Waals surface area contributed by atoms with Crippen LogP contribution in [0.4, 0.5) is 0 Å². The summed E-state index contributed by atoms with van der Waals surface area (Å²) in [6, 6.07) is 0. The van der Waals surface area contributed by atoms with Gasteiger partial charge in [0, 0.05) is 0 Å². The van der Waals surface area contributed by atoms with Gasteiger partial charge in [-0.3, -0.25) is 0 Å². The van der Waals surface area contributed by atoms with Gasteiger partial charge >= 0.3 is 0 Å². The van der Waals surface area contributed by atoms with Crippen LogP contribution in [0, 0.1) is 0 Å². The monoisotopic (exact) mass is 204 g/mol. The van der Waals surface area contributed by atoms with Gasteiger partial charge in [0.25, 0.3) is 0 Å². The molecule has 0 spiro atoms. The molecule has 0 nitrogen and oxygen atoms in total. The van der Waals surface area contributed by atoms with Crippen LogP contribution in [0.2, 0.25) is 0 Å². The molecule has 0 atom stereocenters. The highest BCUT2D eigenvalue weighted by atomic mass is 32.2. The molecule has 2 rings (SSSR count). The molecule has 0 aromatic carbocycles. The minimum atomic E-state index is 1.43. The third-order valence-corrected chi connectivity index (χ3v) is 5.76. The van der Waals surface area contributed by atoms with Crippen LogP contribution in [0.25, 0.3) is 0 Å². The largest absolute Gasteiger partial charge is 0.0884 e. The maximum atomic E-state index is 2.13. The standard InChI is InChI=1S/C6H4S4/c1-2-8-5(7-1)6-9-3-4-10-6/h1-4H. The second-order valence-corrected chi connectivity index (χ2v) is 5.77. The average Bonchev–Trinajstić information content (AvgIpc) is 2.59. The first-order valence-electron chi connectivity index (χ1n) is 2.68. The third kappa shape index (κ3) is 1.44. The van der Waals surface area contributed by atoms with Gasteiger partial charge in [0.05, 0.1) is 8.47 Å². The summed E-state index contributed by atoms with van der Waals surface area (Å²) in [5, 5.41) is 8.53. The molecule has 0 saturated carbocycles. The van der Waals surface area contributed by atoms with Crippen molar-refractivity contribution >= 4 is 47.0 Å². The SMILES string of the molecule is C1=CSC(=C2SC=CS2)S1. The number of thioether (sulfide) groups is 4. The van der Waals surface area contributed by atoms with Crippen molar-refractivity contribution in [2.75, 3.05) is 0 Å².